The van der Waals surface area contributed by atoms with Gasteiger partial charge in [0, 0.05) is 19.2 Å². The first-order chi connectivity index (χ1) is 9.15. The molecule has 0 saturated heterocycles. The lowest BCUT2D eigenvalue weighted by Gasteiger charge is -2.03. The Kier molecular flexibility index (Phi) is 3.97. The van der Waals surface area contributed by atoms with Gasteiger partial charge >= 0.3 is 5.97 Å². The monoisotopic (exact) mass is 263 g/mol. The van der Waals surface area contributed by atoms with Crippen LogP contribution < -0.4 is 5.32 Å². The van der Waals surface area contributed by atoms with Crippen LogP contribution in [0.15, 0.2) is 35.2 Å². The van der Waals surface area contributed by atoms with E-state index in [-0.39, 0.29) is 17.9 Å². The number of aryl methyl sites for hydroxylation is 1. The number of hydrogen-bond donors (Lipinski definition) is 2. The van der Waals surface area contributed by atoms with Crippen molar-refractivity contribution in [1.82, 2.24) is 15.1 Å². The van der Waals surface area contributed by atoms with Gasteiger partial charge in [-0.15, -0.1) is 0 Å². The minimum absolute atomic E-state index is 0.107. The first-order valence-electron chi connectivity index (χ1n) is 5.70. The van der Waals surface area contributed by atoms with Crippen LogP contribution in [0.25, 0.3) is 0 Å². The molecule has 2 N–H and O–H groups in total. The number of carboxylic acid groups (broad SMARTS) is 1. The maximum atomic E-state index is 11.5. The Bertz CT molecular complexity index is 559. The first kappa shape index (κ1) is 12.9. The van der Waals surface area contributed by atoms with Crippen LogP contribution in [-0.2, 0) is 17.9 Å². The standard InChI is InChI=1S/C12H13N3O4/c16-11(13-7-10-2-1-5-19-10)3-4-15-8-9(6-14-15)12(17)18/h1-2,5-6,8H,3-4,7H2,(H,13,16)(H,17,18). The van der Waals surface area contributed by atoms with Crippen molar-refractivity contribution in [3.8, 4) is 0 Å². The minimum Gasteiger partial charge on any atom is -0.478 e. The third-order valence-corrected chi connectivity index (χ3v) is 2.49. The number of carbonyl (C=O) groups is 2. The van der Waals surface area contributed by atoms with Crippen molar-refractivity contribution in [3.63, 3.8) is 0 Å². The highest BCUT2D eigenvalue weighted by molar-refractivity contribution is 5.86. The van der Waals surface area contributed by atoms with E-state index in [0.29, 0.717) is 18.8 Å². The normalized spacial score (nSPS) is 10.3. The number of furan rings is 1. The third kappa shape index (κ3) is 3.70. The molecule has 7 heteroatoms. The average molecular weight is 263 g/mol. The van der Waals surface area contributed by atoms with Gasteiger partial charge in [0.15, 0.2) is 0 Å². The van der Waals surface area contributed by atoms with Crippen LogP contribution in [-0.4, -0.2) is 26.8 Å². The molecular weight excluding hydrogens is 250 g/mol. The Morgan fingerprint density at radius 2 is 2.32 bits per heavy atom. The van der Waals surface area contributed by atoms with Crippen LogP contribution in [0.3, 0.4) is 0 Å². The third-order valence-electron chi connectivity index (χ3n) is 2.49. The van der Waals surface area contributed by atoms with Gasteiger partial charge in [-0.25, -0.2) is 4.79 Å². The number of aromatic carboxylic acids is 1. The van der Waals surface area contributed by atoms with Gasteiger partial charge < -0.3 is 14.8 Å². The molecule has 0 radical (unpaired) electrons. The molecule has 0 spiro atoms. The number of hydrogen-bond acceptors (Lipinski definition) is 4. The minimum atomic E-state index is -1.03. The number of nitrogens with zero attached hydrogens (tertiary/aromatic N) is 2. The number of amides is 1. The second kappa shape index (κ2) is 5.85. The molecule has 0 fully saturated rings. The van der Waals surface area contributed by atoms with Crippen LogP contribution in [0.5, 0.6) is 0 Å². The molecule has 0 aliphatic rings. The summed E-state index contributed by atoms with van der Waals surface area (Å²) < 4.78 is 6.51. The molecule has 1 amide bonds. The van der Waals surface area contributed by atoms with Crippen LogP contribution in [0.2, 0.25) is 0 Å². The van der Waals surface area contributed by atoms with Crippen molar-refractivity contribution >= 4 is 11.9 Å². The van der Waals surface area contributed by atoms with E-state index in [4.69, 9.17) is 9.52 Å². The van der Waals surface area contributed by atoms with Gasteiger partial charge in [0.05, 0.1) is 24.6 Å². The molecule has 0 aliphatic heterocycles. The molecule has 2 aromatic heterocycles. The molecule has 0 aliphatic carbocycles. The molecule has 2 rings (SSSR count). The Labute approximate surface area is 108 Å². The van der Waals surface area contributed by atoms with E-state index in [1.807, 2.05) is 0 Å². The summed E-state index contributed by atoms with van der Waals surface area (Å²) in [5.74, 6) is -0.502. The van der Waals surface area contributed by atoms with E-state index in [0.717, 1.165) is 0 Å². The van der Waals surface area contributed by atoms with Gasteiger partial charge in [-0.05, 0) is 12.1 Å². The quantitative estimate of drug-likeness (QED) is 0.806. The maximum absolute atomic E-state index is 11.5. The van der Waals surface area contributed by atoms with Gasteiger partial charge in [-0.1, -0.05) is 0 Å². The van der Waals surface area contributed by atoms with Gasteiger partial charge in [-0.3, -0.25) is 9.48 Å². The van der Waals surface area contributed by atoms with E-state index in [1.54, 1.807) is 18.4 Å². The highest BCUT2D eigenvalue weighted by atomic mass is 16.4. The molecule has 0 aromatic carbocycles. The molecule has 0 unspecified atom stereocenters. The molecule has 7 nitrogen and oxygen atoms in total. The zero-order valence-electron chi connectivity index (χ0n) is 10.1. The summed E-state index contributed by atoms with van der Waals surface area (Å²) in [6, 6.07) is 3.52. The van der Waals surface area contributed by atoms with Gasteiger partial charge in [0.1, 0.15) is 5.76 Å². The van der Waals surface area contributed by atoms with Gasteiger partial charge in [0.2, 0.25) is 5.91 Å². The topological polar surface area (TPSA) is 97.4 Å². The molecule has 100 valence electrons. The zero-order chi connectivity index (χ0) is 13.7. The molecule has 0 bridgehead atoms. The molecule has 2 aromatic rings. The number of carboxylic acids is 1. The van der Waals surface area contributed by atoms with E-state index in [9.17, 15) is 9.59 Å². The van der Waals surface area contributed by atoms with E-state index >= 15 is 0 Å². The SMILES string of the molecule is O=C(CCn1cc(C(=O)O)cn1)NCc1ccco1. The highest BCUT2D eigenvalue weighted by Crippen LogP contribution is 2.00. The van der Waals surface area contributed by atoms with Crippen molar-refractivity contribution in [2.45, 2.75) is 19.5 Å². The lowest BCUT2D eigenvalue weighted by molar-refractivity contribution is -0.121. The summed E-state index contributed by atoms with van der Waals surface area (Å²) in [4.78, 5) is 22.2. The second-order valence-electron chi connectivity index (χ2n) is 3.90. The summed E-state index contributed by atoms with van der Waals surface area (Å²) in [6.45, 7) is 0.669. The first-order valence-corrected chi connectivity index (χ1v) is 5.70. The highest BCUT2D eigenvalue weighted by Gasteiger charge is 2.07. The van der Waals surface area contributed by atoms with Gasteiger partial charge in [-0.2, -0.15) is 5.10 Å². The number of rotatable bonds is 6. The molecule has 2 heterocycles. The number of nitrogens with one attached hydrogen (secondary N) is 1. The van der Waals surface area contributed by atoms with Crippen LogP contribution in [0.1, 0.15) is 22.5 Å². The predicted octanol–water partition coefficient (Wildman–Crippen LogP) is 0.881. The van der Waals surface area contributed by atoms with Crippen molar-refractivity contribution in [3.05, 3.63) is 42.1 Å². The maximum Gasteiger partial charge on any atom is 0.338 e. The largest absolute Gasteiger partial charge is 0.478 e. The number of aromatic nitrogens is 2. The van der Waals surface area contributed by atoms with E-state index in [1.165, 1.54) is 17.1 Å². The average Bonchev–Trinajstić information content (AvgIpc) is 3.05. The molecule has 19 heavy (non-hydrogen) atoms. The fourth-order valence-corrected chi connectivity index (χ4v) is 1.50. The molecule has 0 saturated carbocycles. The lowest BCUT2D eigenvalue weighted by atomic mass is 10.3. The molecule has 0 atom stereocenters. The smallest absolute Gasteiger partial charge is 0.338 e. The Hall–Kier alpha value is -2.57. The van der Waals surface area contributed by atoms with Gasteiger partial charge in [0.25, 0.3) is 0 Å². The molecular formula is C12H13N3O4. The fourth-order valence-electron chi connectivity index (χ4n) is 1.50. The van der Waals surface area contributed by atoms with Crippen LogP contribution in [0, 0.1) is 0 Å². The second-order valence-corrected chi connectivity index (χ2v) is 3.90. The Balaban J connectivity index is 1.75. The summed E-state index contributed by atoms with van der Waals surface area (Å²) in [6.07, 6.45) is 4.41. The van der Waals surface area contributed by atoms with Crippen molar-refractivity contribution in [1.29, 1.82) is 0 Å². The van der Waals surface area contributed by atoms with Crippen molar-refractivity contribution < 1.29 is 19.1 Å². The summed E-state index contributed by atoms with van der Waals surface area (Å²) in [5, 5.41) is 15.3. The van der Waals surface area contributed by atoms with Crippen LogP contribution >= 0.6 is 0 Å². The number of carbonyl (C=O) groups excluding carboxylic acids is 1. The Morgan fingerprint density at radius 1 is 1.47 bits per heavy atom. The lowest BCUT2D eigenvalue weighted by Crippen LogP contribution is -2.23. The van der Waals surface area contributed by atoms with Crippen LogP contribution in [0.4, 0.5) is 0 Å². The summed E-state index contributed by atoms with van der Waals surface area (Å²) in [7, 11) is 0. The summed E-state index contributed by atoms with van der Waals surface area (Å²) in [5.41, 5.74) is 0.107. The Morgan fingerprint density at radius 3 is 2.95 bits per heavy atom. The summed E-state index contributed by atoms with van der Waals surface area (Å²) >= 11 is 0. The zero-order valence-corrected chi connectivity index (χ0v) is 10.1. The van der Waals surface area contributed by atoms with Crippen molar-refractivity contribution in [2.24, 2.45) is 0 Å². The van der Waals surface area contributed by atoms with E-state index < -0.39 is 5.97 Å². The fraction of sp³-hybridized carbons (Fsp3) is 0.250. The predicted molar refractivity (Wildman–Crippen MR) is 64.4 cm³/mol. The van der Waals surface area contributed by atoms with E-state index in [2.05, 4.69) is 10.4 Å². The van der Waals surface area contributed by atoms with Crippen molar-refractivity contribution in [2.75, 3.05) is 0 Å².